The number of aryl methyl sites for hydroxylation is 1. The molecule has 8 rings (SSSR count). The molecule has 49 heavy (non-hydrogen) atoms. The minimum atomic E-state index is -1.28. The molecule has 1 N–H and O–H groups in total. The SMILES string of the molecule is CC1(c2ccc(Cl)cc2F)Oc2cccc(C3CCN(Cc4nc5cc(-c6cn(CCC(=O)O)nn6)ccc5n4C[C@@H]4CCO4)CC3)c2O1. The topological polar surface area (TPSA) is 117 Å². The molecule has 3 aliphatic rings. The summed E-state index contributed by atoms with van der Waals surface area (Å²) in [6.45, 7) is 5.99. The van der Waals surface area contributed by atoms with Gasteiger partial charge >= 0.3 is 5.97 Å². The van der Waals surface area contributed by atoms with Gasteiger partial charge in [-0.1, -0.05) is 35.0 Å². The molecular weight excluding hydrogens is 651 g/mol. The quantitative estimate of drug-likeness (QED) is 0.179. The number of piperidine rings is 1. The van der Waals surface area contributed by atoms with Crippen LogP contribution in [0.25, 0.3) is 22.3 Å². The number of nitrogens with zero attached hydrogens (tertiary/aromatic N) is 6. The molecule has 0 saturated carbocycles. The van der Waals surface area contributed by atoms with E-state index in [1.165, 1.54) is 6.07 Å². The summed E-state index contributed by atoms with van der Waals surface area (Å²) in [7, 11) is 0. The van der Waals surface area contributed by atoms with Crippen LogP contribution >= 0.6 is 11.6 Å². The van der Waals surface area contributed by atoms with Crippen LogP contribution in [0.15, 0.2) is 60.8 Å². The van der Waals surface area contributed by atoms with Crippen molar-refractivity contribution >= 4 is 28.6 Å². The predicted molar refractivity (Wildman–Crippen MR) is 179 cm³/mol. The maximum Gasteiger partial charge on any atom is 0.305 e. The fraction of sp³-hybridized carbons (Fsp3) is 0.389. The number of likely N-dealkylation sites (tertiary alicyclic amines) is 1. The van der Waals surface area contributed by atoms with Gasteiger partial charge < -0.3 is 23.9 Å². The first kappa shape index (κ1) is 31.7. The molecule has 13 heteroatoms. The molecule has 11 nitrogen and oxygen atoms in total. The number of aliphatic carboxylic acids is 1. The molecule has 5 heterocycles. The van der Waals surface area contributed by atoms with Crippen LogP contribution in [0.2, 0.25) is 5.02 Å². The molecule has 0 radical (unpaired) electrons. The third-order valence-corrected chi connectivity index (χ3v) is 10.1. The van der Waals surface area contributed by atoms with E-state index in [0.717, 1.165) is 73.5 Å². The highest BCUT2D eigenvalue weighted by Crippen LogP contribution is 2.50. The Kier molecular flexibility index (Phi) is 8.25. The number of imidazole rings is 1. The van der Waals surface area contributed by atoms with Gasteiger partial charge in [-0.05, 0) is 74.7 Å². The van der Waals surface area contributed by atoms with Gasteiger partial charge in [-0.15, -0.1) is 5.10 Å². The number of rotatable bonds is 10. The average Bonchev–Trinajstić information content (AvgIpc) is 3.77. The Balaban J connectivity index is 0.983. The van der Waals surface area contributed by atoms with Crippen molar-refractivity contribution in [1.82, 2.24) is 29.4 Å². The Labute approximate surface area is 287 Å². The summed E-state index contributed by atoms with van der Waals surface area (Å²) in [6.07, 6.45) is 4.81. The fourth-order valence-electron chi connectivity index (χ4n) is 7.08. The highest BCUT2D eigenvalue weighted by molar-refractivity contribution is 6.30. The Hall–Kier alpha value is -4.52. The number of carboxylic acids is 1. The summed E-state index contributed by atoms with van der Waals surface area (Å²) in [5, 5.41) is 17.7. The van der Waals surface area contributed by atoms with Crippen LogP contribution in [-0.2, 0) is 35.0 Å². The Bertz CT molecular complexity index is 2040. The Morgan fingerprint density at radius 3 is 2.69 bits per heavy atom. The molecule has 5 aromatic rings. The van der Waals surface area contributed by atoms with Crippen molar-refractivity contribution < 1.29 is 28.5 Å². The van der Waals surface area contributed by atoms with Gasteiger partial charge in [0.05, 0.1) is 55.0 Å². The van der Waals surface area contributed by atoms with Crippen LogP contribution in [0.3, 0.4) is 0 Å². The van der Waals surface area contributed by atoms with Gasteiger partial charge in [-0.25, -0.2) is 9.37 Å². The van der Waals surface area contributed by atoms with E-state index in [0.29, 0.717) is 34.3 Å². The van der Waals surface area contributed by atoms with Crippen molar-refractivity contribution in [2.75, 3.05) is 19.7 Å². The number of hydrogen-bond acceptors (Lipinski definition) is 8. The summed E-state index contributed by atoms with van der Waals surface area (Å²) >= 11 is 6.00. The molecule has 1 unspecified atom stereocenters. The van der Waals surface area contributed by atoms with Crippen LogP contribution in [0.4, 0.5) is 4.39 Å². The molecule has 0 spiro atoms. The fourth-order valence-corrected chi connectivity index (χ4v) is 7.24. The molecule has 2 aromatic heterocycles. The number of carbonyl (C=O) groups is 1. The monoisotopic (exact) mass is 686 g/mol. The number of aromatic nitrogens is 5. The predicted octanol–water partition coefficient (Wildman–Crippen LogP) is 6.37. The zero-order valence-electron chi connectivity index (χ0n) is 27.0. The van der Waals surface area contributed by atoms with E-state index in [9.17, 15) is 9.18 Å². The number of halogens is 2. The molecule has 3 aromatic carbocycles. The average molecular weight is 687 g/mol. The lowest BCUT2D eigenvalue weighted by Gasteiger charge is -2.33. The summed E-state index contributed by atoms with van der Waals surface area (Å²) in [4.78, 5) is 18.5. The van der Waals surface area contributed by atoms with E-state index < -0.39 is 17.6 Å². The largest absolute Gasteiger partial charge is 0.481 e. The van der Waals surface area contributed by atoms with E-state index in [-0.39, 0.29) is 25.0 Å². The normalized spacial score (nSPS) is 20.9. The summed E-state index contributed by atoms with van der Waals surface area (Å²) < 4.78 is 37.2. The zero-order valence-corrected chi connectivity index (χ0v) is 27.8. The standard InChI is InChI=1S/C36H36ClFN6O5/c1-36(27-7-6-24(37)18-28(27)38)48-32-4-2-3-26(35(32)49-36)22-9-13-42(14-10-22)21-33-39-29-17-23(30-20-43(41-40-30)15-11-34(45)46)5-8-31(29)44(33)19-25-12-16-47-25/h2-8,17-18,20,22,25H,9-16,19,21H2,1H3,(H,45,46)/t25-,36?/m0/s1. The molecule has 0 amide bonds. The summed E-state index contributed by atoms with van der Waals surface area (Å²) in [6, 6.07) is 16.6. The van der Waals surface area contributed by atoms with Crippen molar-refractivity contribution in [2.45, 2.75) is 70.1 Å². The van der Waals surface area contributed by atoms with Crippen molar-refractivity contribution in [2.24, 2.45) is 0 Å². The third-order valence-electron chi connectivity index (χ3n) is 9.82. The lowest BCUT2D eigenvalue weighted by Crippen LogP contribution is -2.35. The smallest absolute Gasteiger partial charge is 0.305 e. The van der Waals surface area contributed by atoms with Crippen molar-refractivity contribution in [3.63, 3.8) is 0 Å². The highest BCUT2D eigenvalue weighted by atomic mass is 35.5. The molecule has 0 aliphatic carbocycles. The second-order valence-corrected chi connectivity index (χ2v) is 13.6. The lowest BCUT2D eigenvalue weighted by molar-refractivity contribution is -0.137. The Morgan fingerprint density at radius 1 is 1.10 bits per heavy atom. The van der Waals surface area contributed by atoms with E-state index >= 15 is 0 Å². The van der Waals surface area contributed by atoms with E-state index in [2.05, 4.69) is 31.9 Å². The molecule has 2 atom stereocenters. The zero-order chi connectivity index (χ0) is 33.7. The van der Waals surface area contributed by atoms with Gasteiger partial charge in [0.25, 0.3) is 5.79 Å². The number of para-hydroxylation sites is 1. The summed E-state index contributed by atoms with van der Waals surface area (Å²) in [5.41, 5.74) is 4.85. The van der Waals surface area contributed by atoms with Gasteiger partial charge in [-0.3, -0.25) is 14.4 Å². The number of benzene rings is 3. The van der Waals surface area contributed by atoms with E-state index in [1.807, 2.05) is 24.3 Å². The first-order valence-electron chi connectivity index (χ1n) is 16.6. The molecular formula is C36H36ClFN6O5. The molecule has 2 fully saturated rings. The molecule has 3 aliphatic heterocycles. The van der Waals surface area contributed by atoms with Crippen molar-refractivity contribution in [3.8, 4) is 22.8 Å². The van der Waals surface area contributed by atoms with E-state index in [4.69, 9.17) is 35.9 Å². The van der Waals surface area contributed by atoms with Gasteiger partial charge in [0, 0.05) is 29.7 Å². The minimum absolute atomic E-state index is 0.0170. The van der Waals surface area contributed by atoms with Gasteiger partial charge in [0.2, 0.25) is 0 Å². The molecule has 254 valence electrons. The second-order valence-electron chi connectivity index (χ2n) is 13.1. The maximum atomic E-state index is 14.9. The van der Waals surface area contributed by atoms with E-state index in [1.54, 1.807) is 29.9 Å². The first-order chi connectivity index (χ1) is 23.7. The highest BCUT2D eigenvalue weighted by Gasteiger charge is 2.43. The molecule has 2 saturated heterocycles. The Morgan fingerprint density at radius 2 is 1.94 bits per heavy atom. The van der Waals surface area contributed by atoms with Gasteiger partial charge in [0.1, 0.15) is 17.3 Å². The minimum Gasteiger partial charge on any atom is -0.481 e. The number of carboxylic acid groups (broad SMARTS) is 1. The van der Waals surface area contributed by atoms with Crippen molar-refractivity contribution in [1.29, 1.82) is 0 Å². The van der Waals surface area contributed by atoms with Crippen LogP contribution in [0.5, 0.6) is 11.5 Å². The lowest BCUT2D eigenvalue weighted by atomic mass is 9.88. The maximum absolute atomic E-state index is 14.9. The first-order valence-corrected chi connectivity index (χ1v) is 17.0. The molecule has 0 bridgehead atoms. The number of ether oxygens (including phenoxy) is 3. The van der Waals surface area contributed by atoms with Crippen LogP contribution in [0, 0.1) is 5.82 Å². The van der Waals surface area contributed by atoms with Crippen LogP contribution < -0.4 is 9.47 Å². The second kappa shape index (κ2) is 12.7. The third kappa shape index (κ3) is 6.24. The van der Waals surface area contributed by atoms with Gasteiger partial charge in [-0.2, -0.15) is 0 Å². The van der Waals surface area contributed by atoms with Crippen LogP contribution in [-0.4, -0.2) is 66.3 Å². The number of fused-ring (bicyclic) bond motifs is 2. The van der Waals surface area contributed by atoms with Crippen molar-refractivity contribution in [3.05, 3.63) is 88.6 Å². The van der Waals surface area contributed by atoms with Crippen LogP contribution in [0.1, 0.15) is 55.5 Å². The number of hydrogen-bond donors (Lipinski definition) is 1. The summed E-state index contributed by atoms with van der Waals surface area (Å²) in [5.74, 6) is -0.0780. The van der Waals surface area contributed by atoms with Gasteiger partial charge in [0.15, 0.2) is 11.5 Å².